The van der Waals surface area contributed by atoms with Gasteiger partial charge in [-0.2, -0.15) is 5.10 Å². The van der Waals surface area contributed by atoms with Crippen LogP contribution in [0.25, 0.3) is 0 Å². The Hall–Kier alpha value is -1.62. The highest BCUT2D eigenvalue weighted by Gasteiger charge is 2.19. The van der Waals surface area contributed by atoms with Crippen molar-refractivity contribution in [1.82, 2.24) is 20.1 Å². The number of aromatic nitrogens is 3. The van der Waals surface area contributed by atoms with E-state index in [0.29, 0.717) is 0 Å². The van der Waals surface area contributed by atoms with Crippen LogP contribution in [0, 0.1) is 0 Å². The Morgan fingerprint density at radius 1 is 1.42 bits per heavy atom. The van der Waals surface area contributed by atoms with Crippen molar-refractivity contribution < 1.29 is 4.42 Å². The monoisotopic (exact) mass is 262 g/mol. The lowest BCUT2D eigenvalue weighted by Gasteiger charge is -2.18. The molecular weight excluding hydrogens is 240 g/mol. The summed E-state index contributed by atoms with van der Waals surface area (Å²) in [7, 11) is 1.93. The molecule has 0 saturated carbocycles. The second-order valence-electron chi connectivity index (χ2n) is 4.66. The maximum absolute atomic E-state index is 5.54. The Morgan fingerprint density at radius 2 is 2.26 bits per heavy atom. The zero-order valence-corrected chi connectivity index (χ0v) is 11.9. The van der Waals surface area contributed by atoms with Crippen LogP contribution in [-0.2, 0) is 19.9 Å². The number of hydrogen-bond acceptors (Lipinski definition) is 4. The van der Waals surface area contributed by atoms with Gasteiger partial charge in [-0.1, -0.05) is 13.8 Å². The van der Waals surface area contributed by atoms with Crippen LogP contribution in [0.5, 0.6) is 0 Å². The van der Waals surface area contributed by atoms with Gasteiger partial charge >= 0.3 is 0 Å². The van der Waals surface area contributed by atoms with Crippen molar-refractivity contribution in [3.63, 3.8) is 0 Å². The molecule has 5 nitrogen and oxygen atoms in total. The average molecular weight is 262 g/mol. The first-order valence-electron chi connectivity index (χ1n) is 6.88. The first-order valence-corrected chi connectivity index (χ1v) is 6.88. The third kappa shape index (κ3) is 3.23. The third-order valence-corrected chi connectivity index (χ3v) is 3.31. The normalized spacial score (nSPS) is 12.8. The van der Waals surface area contributed by atoms with E-state index in [1.54, 1.807) is 12.6 Å². The molecule has 5 heteroatoms. The average Bonchev–Trinajstić information content (AvgIpc) is 3.03. The van der Waals surface area contributed by atoms with Crippen LogP contribution in [0.15, 0.2) is 23.1 Å². The van der Waals surface area contributed by atoms with Crippen molar-refractivity contribution in [1.29, 1.82) is 0 Å². The maximum atomic E-state index is 5.54. The molecule has 0 bridgehead atoms. The summed E-state index contributed by atoms with van der Waals surface area (Å²) in [5.41, 5.74) is 1.24. The highest BCUT2D eigenvalue weighted by Crippen LogP contribution is 2.23. The first-order chi connectivity index (χ1) is 9.26. The van der Waals surface area contributed by atoms with E-state index in [0.717, 1.165) is 37.4 Å². The van der Waals surface area contributed by atoms with E-state index < -0.39 is 0 Å². The van der Waals surface area contributed by atoms with E-state index in [-0.39, 0.29) is 6.04 Å². The molecule has 0 aliphatic heterocycles. The van der Waals surface area contributed by atoms with Gasteiger partial charge in [0.25, 0.3) is 0 Å². The fourth-order valence-corrected chi connectivity index (χ4v) is 2.25. The Bertz CT molecular complexity index is 503. The molecule has 1 unspecified atom stereocenters. The van der Waals surface area contributed by atoms with Crippen LogP contribution in [0.1, 0.15) is 43.5 Å². The standard InChI is InChI=1S/C14H22N4O/c1-4-7-15-12(9-14-16-10-17-18(14)3)11-6-8-19-13(11)5-2/h6,8,10,12,15H,4-5,7,9H2,1-3H3. The minimum Gasteiger partial charge on any atom is -0.469 e. The Morgan fingerprint density at radius 3 is 2.89 bits per heavy atom. The van der Waals surface area contributed by atoms with Crippen LogP contribution in [0.3, 0.4) is 0 Å². The van der Waals surface area contributed by atoms with Gasteiger partial charge in [0, 0.05) is 31.5 Å². The summed E-state index contributed by atoms with van der Waals surface area (Å²) in [5.74, 6) is 2.03. The molecule has 2 aromatic rings. The second kappa shape index (κ2) is 6.52. The molecule has 19 heavy (non-hydrogen) atoms. The molecule has 0 spiro atoms. The van der Waals surface area contributed by atoms with Crippen molar-refractivity contribution >= 4 is 0 Å². The molecule has 0 fully saturated rings. The Kier molecular flexibility index (Phi) is 4.74. The molecule has 0 aliphatic rings. The molecule has 2 heterocycles. The van der Waals surface area contributed by atoms with E-state index in [1.807, 2.05) is 11.7 Å². The summed E-state index contributed by atoms with van der Waals surface area (Å²) in [5, 5.41) is 7.70. The van der Waals surface area contributed by atoms with E-state index >= 15 is 0 Å². The minimum absolute atomic E-state index is 0.233. The fourth-order valence-electron chi connectivity index (χ4n) is 2.25. The van der Waals surface area contributed by atoms with Gasteiger partial charge in [-0.25, -0.2) is 4.98 Å². The van der Waals surface area contributed by atoms with Crippen molar-refractivity contribution in [2.24, 2.45) is 7.05 Å². The van der Waals surface area contributed by atoms with Gasteiger partial charge in [-0.3, -0.25) is 4.68 Å². The van der Waals surface area contributed by atoms with Gasteiger partial charge in [-0.15, -0.1) is 0 Å². The van der Waals surface area contributed by atoms with Crippen LogP contribution < -0.4 is 5.32 Å². The number of nitrogens with zero attached hydrogens (tertiary/aromatic N) is 3. The highest BCUT2D eigenvalue weighted by molar-refractivity contribution is 5.22. The smallest absolute Gasteiger partial charge is 0.138 e. The lowest BCUT2D eigenvalue weighted by atomic mass is 10.0. The molecule has 104 valence electrons. The van der Waals surface area contributed by atoms with Crippen molar-refractivity contribution in [2.75, 3.05) is 6.54 Å². The first kappa shape index (κ1) is 13.8. The maximum Gasteiger partial charge on any atom is 0.138 e. The lowest BCUT2D eigenvalue weighted by molar-refractivity contribution is 0.472. The van der Waals surface area contributed by atoms with E-state index in [9.17, 15) is 0 Å². The second-order valence-corrected chi connectivity index (χ2v) is 4.66. The summed E-state index contributed by atoms with van der Waals surface area (Å²) in [6.45, 7) is 5.26. The molecule has 2 rings (SSSR count). The number of aryl methyl sites for hydroxylation is 2. The summed E-state index contributed by atoms with van der Waals surface area (Å²) >= 11 is 0. The van der Waals surface area contributed by atoms with Crippen molar-refractivity contribution in [3.8, 4) is 0 Å². The summed E-state index contributed by atoms with van der Waals surface area (Å²) in [6, 6.07) is 2.29. The zero-order valence-electron chi connectivity index (χ0n) is 11.9. The number of rotatable bonds is 7. The van der Waals surface area contributed by atoms with E-state index in [4.69, 9.17) is 4.42 Å². The summed E-state index contributed by atoms with van der Waals surface area (Å²) in [6.07, 6.45) is 6.21. The Balaban J connectivity index is 2.18. The van der Waals surface area contributed by atoms with Crippen LogP contribution in [0.2, 0.25) is 0 Å². The molecule has 0 aliphatic carbocycles. The van der Waals surface area contributed by atoms with Crippen LogP contribution in [0.4, 0.5) is 0 Å². The Labute approximate surface area is 114 Å². The van der Waals surface area contributed by atoms with Gasteiger partial charge in [0.05, 0.1) is 6.26 Å². The molecule has 2 aromatic heterocycles. The summed E-state index contributed by atoms with van der Waals surface area (Å²) in [4.78, 5) is 4.31. The van der Waals surface area contributed by atoms with Gasteiger partial charge < -0.3 is 9.73 Å². The number of hydrogen-bond donors (Lipinski definition) is 1. The quantitative estimate of drug-likeness (QED) is 0.831. The largest absolute Gasteiger partial charge is 0.469 e. The number of nitrogens with one attached hydrogen (secondary N) is 1. The SMILES string of the molecule is CCCNC(Cc1ncnn1C)c1ccoc1CC. The van der Waals surface area contributed by atoms with Gasteiger partial charge in [0.2, 0.25) is 0 Å². The number of furan rings is 1. The molecule has 0 radical (unpaired) electrons. The molecule has 1 N–H and O–H groups in total. The van der Waals surface area contributed by atoms with Crippen LogP contribution >= 0.6 is 0 Å². The predicted molar refractivity (Wildman–Crippen MR) is 73.8 cm³/mol. The third-order valence-electron chi connectivity index (χ3n) is 3.31. The van der Waals surface area contributed by atoms with Gasteiger partial charge in [0.15, 0.2) is 0 Å². The van der Waals surface area contributed by atoms with Crippen molar-refractivity contribution in [2.45, 2.75) is 39.2 Å². The molecule has 0 aromatic carbocycles. The summed E-state index contributed by atoms with van der Waals surface area (Å²) < 4.78 is 7.37. The lowest BCUT2D eigenvalue weighted by Crippen LogP contribution is -2.25. The topological polar surface area (TPSA) is 55.9 Å². The molecule has 0 amide bonds. The van der Waals surface area contributed by atoms with Gasteiger partial charge in [-0.05, 0) is 19.0 Å². The van der Waals surface area contributed by atoms with E-state index in [1.165, 1.54) is 5.56 Å². The minimum atomic E-state index is 0.233. The zero-order chi connectivity index (χ0) is 13.7. The molecular formula is C14H22N4O. The predicted octanol–water partition coefficient (Wildman–Crippen LogP) is 2.25. The molecule has 1 atom stereocenters. The highest BCUT2D eigenvalue weighted by atomic mass is 16.3. The van der Waals surface area contributed by atoms with E-state index in [2.05, 4.69) is 35.3 Å². The molecule has 0 saturated heterocycles. The fraction of sp³-hybridized carbons (Fsp3) is 0.571. The van der Waals surface area contributed by atoms with Gasteiger partial charge in [0.1, 0.15) is 17.9 Å². The van der Waals surface area contributed by atoms with Crippen molar-refractivity contribution in [3.05, 3.63) is 35.8 Å². The van der Waals surface area contributed by atoms with Crippen LogP contribution in [-0.4, -0.2) is 21.3 Å².